The van der Waals surface area contributed by atoms with E-state index in [4.69, 9.17) is 4.74 Å². The summed E-state index contributed by atoms with van der Waals surface area (Å²) in [7, 11) is 0. The molecule has 4 aliphatic rings. The third-order valence-corrected chi connectivity index (χ3v) is 12.0. The van der Waals surface area contributed by atoms with Gasteiger partial charge in [0, 0.05) is 12.3 Å². The molecule has 0 radical (unpaired) electrons. The van der Waals surface area contributed by atoms with E-state index < -0.39 is 37.2 Å². The largest absolute Gasteiger partial charge is 0.394 e. The van der Waals surface area contributed by atoms with Crippen LogP contribution >= 0.6 is 0 Å². The minimum Gasteiger partial charge on any atom is -0.394 e. The van der Waals surface area contributed by atoms with Gasteiger partial charge in [-0.3, -0.25) is 4.79 Å². The summed E-state index contributed by atoms with van der Waals surface area (Å²) in [5.41, 5.74) is -0.0111. The molecule has 3 saturated carbocycles. The first-order valence-electron chi connectivity index (χ1n) is 15.5. The molecule has 0 spiro atoms. The Bertz CT molecular complexity index is 938. The number of hydrogen-bond donors (Lipinski definition) is 3. The van der Waals surface area contributed by atoms with Crippen molar-refractivity contribution < 1.29 is 29.3 Å². The van der Waals surface area contributed by atoms with Crippen molar-refractivity contribution in [2.45, 2.75) is 130 Å². The van der Waals surface area contributed by atoms with Crippen molar-refractivity contribution >= 4 is 5.78 Å². The van der Waals surface area contributed by atoms with Crippen molar-refractivity contribution in [3.63, 3.8) is 0 Å². The molecule has 39 heavy (non-hydrogen) atoms. The van der Waals surface area contributed by atoms with Crippen LogP contribution in [0.15, 0.2) is 11.6 Å². The van der Waals surface area contributed by atoms with E-state index in [1.807, 2.05) is 0 Å². The number of carbonyl (C=O) groups is 1. The Morgan fingerprint density at radius 1 is 1.13 bits per heavy atom. The number of rotatable bonds is 9. The summed E-state index contributed by atoms with van der Waals surface area (Å²) in [4.78, 5) is 14.4. The Morgan fingerprint density at radius 2 is 1.82 bits per heavy atom. The van der Waals surface area contributed by atoms with Gasteiger partial charge in [-0.15, -0.1) is 9.60 Å². The topological polar surface area (TPSA) is 90.2 Å². The van der Waals surface area contributed by atoms with Crippen molar-refractivity contribution in [2.24, 2.45) is 39.9 Å². The van der Waals surface area contributed by atoms with Crippen LogP contribution in [0.25, 0.3) is 0 Å². The number of aliphatic hydroxyl groups excluding tert-OH is 3. The highest BCUT2D eigenvalue weighted by molar-refractivity contribution is 5.91. The third-order valence-electron chi connectivity index (χ3n) is 12.0. The SMILES string of the molecule is CCCC1(C)C(C)CCC2(C)C3CC(=O)C4(N(F)C(CO)OC(CO)C(C)O)CCC(C)(C)CC4C3=CCC12. The molecule has 224 valence electrons. The predicted octanol–water partition coefficient (Wildman–Crippen LogP) is 5.59. The van der Waals surface area contributed by atoms with Crippen molar-refractivity contribution in [3.05, 3.63) is 11.6 Å². The zero-order chi connectivity index (χ0) is 29.0. The normalized spacial score (nSPS) is 42.2. The Labute approximate surface area is 235 Å². The Balaban J connectivity index is 1.77. The number of aliphatic hydroxyl groups is 3. The van der Waals surface area contributed by atoms with Crippen molar-refractivity contribution in [2.75, 3.05) is 13.2 Å². The van der Waals surface area contributed by atoms with E-state index in [0.717, 1.165) is 25.7 Å². The monoisotopic (exact) mass is 551 g/mol. The maximum atomic E-state index is 16.7. The second-order valence-electron chi connectivity index (χ2n) is 14.8. The molecule has 7 heteroatoms. The van der Waals surface area contributed by atoms with Crippen LogP contribution in [0, 0.1) is 39.9 Å². The zero-order valence-corrected chi connectivity index (χ0v) is 25.4. The van der Waals surface area contributed by atoms with Crippen LogP contribution in [0.4, 0.5) is 4.48 Å². The molecule has 10 atom stereocenters. The van der Waals surface area contributed by atoms with E-state index >= 15 is 4.48 Å². The van der Waals surface area contributed by atoms with Crippen LogP contribution in [-0.2, 0) is 9.53 Å². The molecular formula is C32H54FNO5. The maximum Gasteiger partial charge on any atom is 0.162 e. The molecule has 3 fully saturated rings. The van der Waals surface area contributed by atoms with E-state index in [0.29, 0.717) is 42.6 Å². The predicted molar refractivity (Wildman–Crippen MR) is 150 cm³/mol. The van der Waals surface area contributed by atoms with Gasteiger partial charge in [0.05, 0.1) is 19.3 Å². The first-order valence-corrected chi connectivity index (χ1v) is 15.5. The molecule has 0 aromatic carbocycles. The Hall–Kier alpha value is -0.860. The molecular weight excluding hydrogens is 497 g/mol. The van der Waals surface area contributed by atoms with E-state index in [1.54, 1.807) is 0 Å². The van der Waals surface area contributed by atoms with Gasteiger partial charge >= 0.3 is 0 Å². The molecule has 0 aliphatic heterocycles. The zero-order valence-electron chi connectivity index (χ0n) is 25.4. The van der Waals surface area contributed by atoms with E-state index in [1.165, 1.54) is 18.9 Å². The van der Waals surface area contributed by atoms with E-state index in [9.17, 15) is 20.1 Å². The molecule has 0 saturated heterocycles. The number of Topliss-reactive ketones (excluding diaryl/α,β-unsaturated/α-hetero) is 1. The molecule has 0 heterocycles. The lowest BCUT2D eigenvalue weighted by atomic mass is 9.41. The fraction of sp³-hybridized carbons (Fsp3) is 0.906. The lowest BCUT2D eigenvalue weighted by Crippen LogP contribution is -2.68. The number of carbonyl (C=O) groups excluding carboxylic acids is 1. The molecule has 10 unspecified atom stereocenters. The Morgan fingerprint density at radius 3 is 2.41 bits per heavy atom. The molecule has 0 aromatic rings. The molecule has 0 bridgehead atoms. The van der Waals surface area contributed by atoms with Gasteiger partial charge in [-0.05, 0) is 85.9 Å². The maximum absolute atomic E-state index is 16.7. The van der Waals surface area contributed by atoms with E-state index in [-0.39, 0.29) is 33.9 Å². The minimum atomic E-state index is -1.45. The second kappa shape index (κ2) is 11.1. The average molecular weight is 552 g/mol. The average Bonchev–Trinajstić information content (AvgIpc) is 2.87. The van der Waals surface area contributed by atoms with Gasteiger partial charge in [0.2, 0.25) is 0 Å². The van der Waals surface area contributed by atoms with Crippen molar-refractivity contribution in [3.8, 4) is 0 Å². The fourth-order valence-corrected chi connectivity index (χ4v) is 9.48. The first kappa shape index (κ1) is 31.1. The minimum absolute atomic E-state index is 0.00769. The molecule has 3 N–H and O–H groups in total. The molecule has 4 rings (SSSR count). The number of halogens is 1. The summed E-state index contributed by atoms with van der Waals surface area (Å²) in [6.07, 6.45) is 6.41. The van der Waals surface area contributed by atoms with Crippen LogP contribution < -0.4 is 0 Å². The summed E-state index contributed by atoms with van der Waals surface area (Å²) >= 11 is 0. The van der Waals surface area contributed by atoms with Crippen LogP contribution in [-0.4, -0.2) is 63.4 Å². The van der Waals surface area contributed by atoms with E-state index in [2.05, 4.69) is 47.6 Å². The van der Waals surface area contributed by atoms with Crippen LogP contribution in [0.1, 0.15) is 106 Å². The highest BCUT2D eigenvalue weighted by Gasteiger charge is 2.66. The smallest absolute Gasteiger partial charge is 0.162 e. The van der Waals surface area contributed by atoms with Crippen LogP contribution in [0.3, 0.4) is 0 Å². The number of nitrogens with zero attached hydrogens (tertiary/aromatic N) is 1. The molecule has 4 aliphatic carbocycles. The highest BCUT2D eigenvalue weighted by atomic mass is 19.2. The molecule has 0 amide bonds. The lowest BCUT2D eigenvalue weighted by Gasteiger charge is -2.64. The molecule has 0 aromatic heterocycles. The van der Waals surface area contributed by atoms with Gasteiger partial charge in [-0.25, -0.2) is 0 Å². The number of ether oxygens (including phenoxy) is 1. The number of hydrogen-bond acceptors (Lipinski definition) is 6. The van der Waals surface area contributed by atoms with Gasteiger partial charge < -0.3 is 20.1 Å². The van der Waals surface area contributed by atoms with Gasteiger partial charge in [0.15, 0.2) is 12.0 Å². The van der Waals surface area contributed by atoms with Gasteiger partial charge in [0.1, 0.15) is 11.6 Å². The third kappa shape index (κ3) is 4.96. The standard InChI is InChI=1S/C32H54FNO5/c1-8-12-30(6)20(2)11-13-31(7)23-16-27(38)32(34(33)28(19-36)39-25(18-35)21(3)37)15-14-29(4,5)17-24(32)22(23)9-10-26(30)31/h9,20-21,23-26,28,35-37H,8,10-19H2,1-7H3. The summed E-state index contributed by atoms with van der Waals surface area (Å²) in [6.45, 7) is 14.2. The first-order chi connectivity index (χ1) is 18.2. The van der Waals surface area contributed by atoms with Crippen LogP contribution in [0.5, 0.6) is 0 Å². The summed E-state index contributed by atoms with van der Waals surface area (Å²) < 4.78 is 22.4. The summed E-state index contributed by atoms with van der Waals surface area (Å²) in [5, 5.41) is 30.4. The van der Waals surface area contributed by atoms with Gasteiger partial charge in [-0.2, -0.15) is 0 Å². The number of fused-ring (bicyclic) bond motifs is 5. The quantitative estimate of drug-likeness (QED) is 0.197. The lowest BCUT2D eigenvalue weighted by molar-refractivity contribution is -0.265. The van der Waals surface area contributed by atoms with Gasteiger partial charge in [-0.1, -0.05) is 59.6 Å². The van der Waals surface area contributed by atoms with Crippen LogP contribution in [0.2, 0.25) is 0 Å². The molecule has 6 nitrogen and oxygen atoms in total. The number of allylic oxidation sites excluding steroid dienone is 1. The van der Waals surface area contributed by atoms with Crippen molar-refractivity contribution in [1.82, 2.24) is 5.12 Å². The highest BCUT2D eigenvalue weighted by Crippen LogP contribution is 2.68. The number of ketones is 1. The summed E-state index contributed by atoms with van der Waals surface area (Å²) in [5.74, 6) is 0.832. The Kier molecular flexibility index (Phi) is 8.84. The fourth-order valence-electron chi connectivity index (χ4n) is 9.48. The second-order valence-corrected chi connectivity index (χ2v) is 14.8. The summed E-state index contributed by atoms with van der Waals surface area (Å²) in [6, 6.07) is 0. The van der Waals surface area contributed by atoms with Crippen molar-refractivity contribution in [1.29, 1.82) is 0 Å². The van der Waals surface area contributed by atoms with Gasteiger partial charge in [0.25, 0.3) is 0 Å².